The van der Waals surface area contributed by atoms with Crippen LogP contribution in [0.15, 0.2) is 24.3 Å². The van der Waals surface area contributed by atoms with Crippen molar-refractivity contribution in [2.45, 2.75) is 6.04 Å². The highest BCUT2D eigenvalue weighted by atomic mass is 19.2. The van der Waals surface area contributed by atoms with Crippen LogP contribution >= 0.6 is 0 Å². The van der Waals surface area contributed by atoms with Crippen molar-refractivity contribution in [3.63, 3.8) is 0 Å². The molecular weight excluding hydrogens is 293 g/mol. The molecule has 0 fully saturated rings. The molecule has 0 amide bonds. The van der Waals surface area contributed by atoms with Crippen LogP contribution in [0.25, 0.3) is 0 Å². The fourth-order valence-electron chi connectivity index (χ4n) is 2.06. The third-order valence-electron chi connectivity index (χ3n) is 3.07. The quantitative estimate of drug-likeness (QED) is 0.517. The van der Waals surface area contributed by atoms with Crippen molar-refractivity contribution in [2.24, 2.45) is 0 Å². The van der Waals surface area contributed by atoms with Gasteiger partial charge in [-0.3, -0.25) is 0 Å². The fourth-order valence-corrected chi connectivity index (χ4v) is 2.06. The topological polar surface area (TPSA) is 32.3 Å². The Labute approximate surface area is 116 Å². The van der Waals surface area contributed by atoms with E-state index in [1.54, 1.807) is 0 Å². The van der Waals surface area contributed by atoms with Gasteiger partial charge in [0.25, 0.3) is 0 Å². The Morgan fingerprint density at radius 3 is 1.81 bits per heavy atom. The summed E-state index contributed by atoms with van der Waals surface area (Å²) < 4.78 is 67.2. The second-order valence-corrected chi connectivity index (χ2v) is 4.26. The Balaban J connectivity index is 2.73. The summed E-state index contributed by atoms with van der Waals surface area (Å²) in [4.78, 5) is 0. The number of hydrogen-bond donors (Lipinski definition) is 2. The maximum absolute atomic E-state index is 13.8. The smallest absolute Gasteiger partial charge is 0.200 e. The number of phenols is 1. The molecule has 0 saturated heterocycles. The zero-order chi connectivity index (χ0) is 15.7. The highest BCUT2D eigenvalue weighted by Gasteiger charge is 2.31. The van der Waals surface area contributed by atoms with E-state index in [0.29, 0.717) is 0 Å². The van der Waals surface area contributed by atoms with E-state index in [4.69, 9.17) is 0 Å². The monoisotopic (exact) mass is 303 g/mol. The maximum atomic E-state index is 13.8. The lowest BCUT2D eigenvalue weighted by Gasteiger charge is -2.20. The summed E-state index contributed by atoms with van der Waals surface area (Å²) in [6.45, 7) is 0. The molecule has 0 aliphatic carbocycles. The number of aromatic hydroxyl groups is 1. The molecule has 1 unspecified atom stereocenters. The molecule has 0 saturated carbocycles. The van der Waals surface area contributed by atoms with Gasteiger partial charge in [-0.2, -0.15) is 0 Å². The second-order valence-electron chi connectivity index (χ2n) is 4.26. The third kappa shape index (κ3) is 2.44. The van der Waals surface area contributed by atoms with Gasteiger partial charge in [0.1, 0.15) is 5.75 Å². The molecule has 2 nitrogen and oxygen atoms in total. The average Bonchev–Trinajstić information content (AvgIpc) is 2.48. The van der Waals surface area contributed by atoms with Crippen LogP contribution in [0.4, 0.5) is 22.0 Å². The first-order chi connectivity index (χ1) is 9.90. The summed E-state index contributed by atoms with van der Waals surface area (Å²) >= 11 is 0. The standard InChI is InChI=1S/C14H10F5NO/c1-20-14(6-4-2-3-5-7(6)21)8-9(15)11(17)13(19)12(18)10(8)16/h2-5,14,20-21H,1H3. The zero-order valence-corrected chi connectivity index (χ0v) is 10.7. The van der Waals surface area contributed by atoms with E-state index in [0.717, 1.165) is 0 Å². The van der Waals surface area contributed by atoms with Crippen molar-refractivity contribution in [3.05, 3.63) is 64.5 Å². The predicted molar refractivity (Wildman–Crippen MR) is 65.2 cm³/mol. The second kappa shape index (κ2) is 5.69. The molecule has 0 heterocycles. The molecule has 0 spiro atoms. The lowest BCUT2D eigenvalue weighted by atomic mass is 9.96. The molecule has 0 aromatic heterocycles. The first-order valence-electron chi connectivity index (χ1n) is 5.86. The van der Waals surface area contributed by atoms with Crippen LogP contribution in [0, 0.1) is 29.1 Å². The van der Waals surface area contributed by atoms with Gasteiger partial charge in [-0.25, -0.2) is 22.0 Å². The van der Waals surface area contributed by atoms with Crippen molar-refractivity contribution in [1.29, 1.82) is 0 Å². The van der Waals surface area contributed by atoms with Crippen molar-refractivity contribution < 1.29 is 27.1 Å². The molecule has 2 N–H and O–H groups in total. The summed E-state index contributed by atoms with van der Waals surface area (Å²) in [7, 11) is 1.27. The Bertz CT molecular complexity index is 660. The molecule has 7 heteroatoms. The number of halogens is 5. The van der Waals surface area contributed by atoms with Crippen molar-refractivity contribution in [2.75, 3.05) is 7.05 Å². The molecule has 112 valence electrons. The van der Waals surface area contributed by atoms with Gasteiger partial charge < -0.3 is 10.4 Å². The minimum Gasteiger partial charge on any atom is -0.508 e. The first kappa shape index (κ1) is 15.2. The maximum Gasteiger partial charge on any atom is 0.200 e. The SMILES string of the molecule is CNC(c1ccccc1O)c1c(F)c(F)c(F)c(F)c1F. The van der Waals surface area contributed by atoms with Crippen LogP contribution in [-0.4, -0.2) is 12.2 Å². The van der Waals surface area contributed by atoms with Crippen LogP contribution in [-0.2, 0) is 0 Å². The van der Waals surface area contributed by atoms with E-state index in [-0.39, 0.29) is 11.3 Å². The Morgan fingerprint density at radius 2 is 1.33 bits per heavy atom. The average molecular weight is 303 g/mol. The normalized spacial score (nSPS) is 12.5. The molecule has 2 aromatic carbocycles. The van der Waals surface area contributed by atoms with Crippen LogP contribution in [0.3, 0.4) is 0 Å². The molecular formula is C14H10F5NO. The number of para-hydroxylation sites is 1. The van der Waals surface area contributed by atoms with Crippen molar-refractivity contribution in [1.82, 2.24) is 5.32 Å². The largest absolute Gasteiger partial charge is 0.508 e. The Hall–Kier alpha value is -2.15. The van der Waals surface area contributed by atoms with Crippen molar-refractivity contribution >= 4 is 0 Å². The molecule has 0 bridgehead atoms. The number of hydrogen-bond acceptors (Lipinski definition) is 2. The molecule has 1 atom stereocenters. The summed E-state index contributed by atoms with van der Waals surface area (Å²) in [5, 5.41) is 12.1. The van der Waals surface area contributed by atoms with E-state index < -0.39 is 40.7 Å². The van der Waals surface area contributed by atoms with E-state index in [9.17, 15) is 27.1 Å². The van der Waals surface area contributed by atoms with Crippen LogP contribution < -0.4 is 5.32 Å². The summed E-state index contributed by atoms with van der Waals surface area (Å²) in [5.74, 6) is -10.5. The molecule has 2 aromatic rings. The van der Waals surface area contributed by atoms with Gasteiger partial charge in [0.15, 0.2) is 23.3 Å². The van der Waals surface area contributed by atoms with Gasteiger partial charge in [-0.05, 0) is 13.1 Å². The lowest BCUT2D eigenvalue weighted by molar-refractivity contribution is 0.362. The number of benzene rings is 2. The molecule has 0 aliphatic heterocycles. The zero-order valence-electron chi connectivity index (χ0n) is 10.7. The predicted octanol–water partition coefficient (Wildman–Crippen LogP) is 3.40. The fraction of sp³-hybridized carbons (Fsp3) is 0.143. The third-order valence-corrected chi connectivity index (χ3v) is 3.07. The molecule has 2 rings (SSSR count). The van der Waals surface area contributed by atoms with Crippen LogP contribution in [0.1, 0.15) is 17.2 Å². The summed E-state index contributed by atoms with van der Waals surface area (Å²) in [6.07, 6.45) is 0. The highest BCUT2D eigenvalue weighted by Crippen LogP contribution is 2.34. The number of phenolic OH excluding ortho intramolecular Hbond substituents is 1. The van der Waals surface area contributed by atoms with Gasteiger partial charge in [-0.1, -0.05) is 18.2 Å². The lowest BCUT2D eigenvalue weighted by Crippen LogP contribution is -2.22. The summed E-state index contributed by atoms with van der Waals surface area (Å²) in [5.41, 5.74) is -1.06. The minimum absolute atomic E-state index is 0.0109. The van der Waals surface area contributed by atoms with Gasteiger partial charge in [-0.15, -0.1) is 0 Å². The van der Waals surface area contributed by atoms with E-state index >= 15 is 0 Å². The van der Waals surface area contributed by atoms with Crippen LogP contribution in [0.2, 0.25) is 0 Å². The van der Waals surface area contributed by atoms with Crippen LogP contribution in [0.5, 0.6) is 5.75 Å². The molecule has 0 radical (unpaired) electrons. The molecule has 0 aliphatic rings. The summed E-state index contributed by atoms with van der Waals surface area (Å²) in [6, 6.07) is 4.09. The highest BCUT2D eigenvalue weighted by molar-refractivity contribution is 5.42. The number of rotatable bonds is 3. The van der Waals surface area contributed by atoms with Gasteiger partial charge in [0.05, 0.1) is 11.6 Å². The minimum atomic E-state index is -2.22. The Morgan fingerprint density at radius 1 is 0.857 bits per heavy atom. The Kier molecular flexibility index (Phi) is 4.13. The van der Waals surface area contributed by atoms with Gasteiger partial charge >= 0.3 is 0 Å². The number of nitrogens with one attached hydrogen (secondary N) is 1. The van der Waals surface area contributed by atoms with Crippen molar-refractivity contribution in [3.8, 4) is 5.75 Å². The first-order valence-corrected chi connectivity index (χ1v) is 5.86. The van der Waals surface area contributed by atoms with Gasteiger partial charge in [0.2, 0.25) is 5.82 Å². The van der Waals surface area contributed by atoms with E-state index in [1.807, 2.05) is 0 Å². The van der Waals surface area contributed by atoms with Gasteiger partial charge in [0, 0.05) is 5.56 Å². The van der Waals surface area contributed by atoms with E-state index in [2.05, 4.69) is 5.32 Å². The van der Waals surface area contributed by atoms with E-state index in [1.165, 1.54) is 31.3 Å². The molecule has 21 heavy (non-hydrogen) atoms.